The molecule has 4 N–H and O–H groups in total. The summed E-state index contributed by atoms with van der Waals surface area (Å²) in [5.41, 5.74) is -0.212. The first-order valence-corrected chi connectivity index (χ1v) is 15.4. The van der Waals surface area contributed by atoms with E-state index in [1.165, 1.54) is 0 Å². The summed E-state index contributed by atoms with van der Waals surface area (Å²) in [7, 11) is 3.50. The van der Waals surface area contributed by atoms with Crippen molar-refractivity contribution in [3.05, 3.63) is 0 Å². The highest BCUT2D eigenvalue weighted by atomic mass is 35.5. The van der Waals surface area contributed by atoms with Crippen LogP contribution in [0.15, 0.2) is 0 Å². The summed E-state index contributed by atoms with van der Waals surface area (Å²) in [6, 6.07) is 0.570. The van der Waals surface area contributed by atoms with Gasteiger partial charge in [-0.3, -0.25) is 20.2 Å². The number of alkyl halides is 1. The minimum Gasteiger partial charge on any atom is -0.381 e. The summed E-state index contributed by atoms with van der Waals surface area (Å²) < 4.78 is 11.3. The van der Waals surface area contributed by atoms with Crippen molar-refractivity contribution < 1.29 is 19.1 Å². The van der Waals surface area contributed by atoms with Crippen molar-refractivity contribution in [2.45, 2.75) is 86.0 Å². The molecule has 0 bridgehead atoms. The van der Waals surface area contributed by atoms with Gasteiger partial charge in [-0.05, 0) is 50.9 Å². The lowest BCUT2D eigenvalue weighted by atomic mass is 9.70. The number of carbonyl (C=O) groups excluding carboxylic acids is 2. The number of carbonyl (C=O) groups is 2. The van der Waals surface area contributed by atoms with Gasteiger partial charge in [0.15, 0.2) is 0 Å². The number of rotatable bonds is 6. The Bertz CT molecular complexity index is 812. The zero-order chi connectivity index (χ0) is 26.1. The number of ether oxygens (including phenoxy) is 2. The van der Waals surface area contributed by atoms with E-state index in [2.05, 4.69) is 28.2 Å². The summed E-state index contributed by atoms with van der Waals surface area (Å²) in [6.07, 6.45) is 5.91. The molecule has 0 aromatic heterocycles. The first-order valence-electron chi connectivity index (χ1n) is 14.0. The molecule has 0 spiro atoms. The highest BCUT2D eigenvalue weighted by Gasteiger charge is 2.47. The standard InChI is InChI=1S/C26H44ClN5O4S/c1-14-7-17(18-9-23(27)29-11-21(18)36-3)19(10-28-14)24(33)31-26-30-20-12-32(13-22(20)37-26)25(34)15-5-4-6-16(8-15)35-2/h14-23,26,28-30H,4-13H2,1-3H3,(H,31,33)/t14?,15-,16+,17?,18?,19?,20?,21?,22?,23?,26?/m1/s1. The van der Waals surface area contributed by atoms with E-state index in [0.29, 0.717) is 30.9 Å². The molecule has 1 aliphatic carbocycles. The van der Waals surface area contributed by atoms with E-state index in [9.17, 15) is 9.59 Å². The third kappa shape index (κ3) is 6.26. The number of halogens is 1. The third-order valence-corrected chi connectivity index (χ3v) is 11.0. The lowest BCUT2D eigenvalue weighted by Gasteiger charge is -2.45. The van der Waals surface area contributed by atoms with Gasteiger partial charge in [0.2, 0.25) is 11.8 Å². The molecular weight excluding hydrogens is 514 g/mol. The Kier molecular flexibility index (Phi) is 9.26. The lowest BCUT2D eigenvalue weighted by Crippen LogP contribution is -2.57. The number of amides is 2. The van der Waals surface area contributed by atoms with Gasteiger partial charge in [0, 0.05) is 63.7 Å². The van der Waals surface area contributed by atoms with Gasteiger partial charge in [-0.25, -0.2) is 0 Å². The van der Waals surface area contributed by atoms with Gasteiger partial charge >= 0.3 is 0 Å². The SMILES string of the molecule is COC1CNC(Cl)CC1C1CC(C)NCC1C(=O)NC1NC2CN(C(=O)[C@@H]3CCC[C@H](OC)C3)CC2S1. The molecule has 4 heterocycles. The summed E-state index contributed by atoms with van der Waals surface area (Å²) in [5.74, 6) is 0.785. The maximum Gasteiger partial charge on any atom is 0.226 e. The molecule has 2 amide bonds. The molecule has 210 valence electrons. The van der Waals surface area contributed by atoms with Crippen LogP contribution in [0.3, 0.4) is 0 Å². The second kappa shape index (κ2) is 12.3. The summed E-state index contributed by atoms with van der Waals surface area (Å²) in [5, 5.41) is 14.0. The fourth-order valence-electron chi connectivity index (χ4n) is 7.29. The van der Waals surface area contributed by atoms with Crippen LogP contribution in [0, 0.1) is 23.7 Å². The van der Waals surface area contributed by atoms with Gasteiger partial charge < -0.3 is 25.0 Å². The average Bonchev–Trinajstić information content (AvgIpc) is 3.47. The summed E-state index contributed by atoms with van der Waals surface area (Å²) in [6.45, 7) is 5.03. The van der Waals surface area contributed by atoms with Crippen molar-refractivity contribution in [1.29, 1.82) is 0 Å². The molecular formula is C26H44ClN5O4S. The van der Waals surface area contributed by atoms with Gasteiger partial charge in [0.05, 0.1) is 23.6 Å². The first kappa shape index (κ1) is 27.9. The largest absolute Gasteiger partial charge is 0.381 e. The maximum absolute atomic E-state index is 13.6. The summed E-state index contributed by atoms with van der Waals surface area (Å²) in [4.78, 5) is 28.8. The Balaban J connectivity index is 1.15. The zero-order valence-corrected chi connectivity index (χ0v) is 23.9. The van der Waals surface area contributed by atoms with Crippen LogP contribution in [0.2, 0.25) is 0 Å². The molecule has 4 saturated heterocycles. The van der Waals surface area contributed by atoms with Crippen molar-refractivity contribution in [2.24, 2.45) is 23.7 Å². The van der Waals surface area contributed by atoms with E-state index in [0.717, 1.165) is 45.1 Å². The molecule has 0 radical (unpaired) electrons. The van der Waals surface area contributed by atoms with Crippen molar-refractivity contribution in [1.82, 2.24) is 26.2 Å². The quantitative estimate of drug-likeness (QED) is 0.286. The molecule has 11 atom stereocenters. The van der Waals surface area contributed by atoms with Crippen LogP contribution in [-0.4, -0.2) is 97.7 Å². The second-order valence-corrected chi connectivity index (χ2v) is 13.5. The van der Waals surface area contributed by atoms with Gasteiger partial charge in [-0.1, -0.05) is 6.42 Å². The van der Waals surface area contributed by atoms with Crippen molar-refractivity contribution in [3.8, 4) is 0 Å². The van der Waals surface area contributed by atoms with Crippen LogP contribution < -0.4 is 21.3 Å². The number of piperidine rings is 2. The molecule has 4 aliphatic heterocycles. The van der Waals surface area contributed by atoms with E-state index in [4.69, 9.17) is 21.1 Å². The highest BCUT2D eigenvalue weighted by Crippen LogP contribution is 2.39. The molecule has 5 fully saturated rings. The van der Waals surface area contributed by atoms with Crippen molar-refractivity contribution >= 4 is 35.2 Å². The van der Waals surface area contributed by atoms with E-state index in [-0.39, 0.29) is 64.7 Å². The molecule has 9 nitrogen and oxygen atoms in total. The molecule has 0 aromatic rings. The minimum atomic E-state index is -0.126. The number of hydrogen-bond acceptors (Lipinski definition) is 8. The molecule has 9 unspecified atom stereocenters. The van der Waals surface area contributed by atoms with E-state index >= 15 is 0 Å². The van der Waals surface area contributed by atoms with Gasteiger partial charge in [-0.2, -0.15) is 0 Å². The van der Waals surface area contributed by atoms with Crippen LogP contribution in [0.5, 0.6) is 0 Å². The van der Waals surface area contributed by atoms with Gasteiger partial charge in [0.25, 0.3) is 0 Å². The molecule has 1 saturated carbocycles. The summed E-state index contributed by atoms with van der Waals surface area (Å²) >= 11 is 8.23. The molecule has 11 heteroatoms. The number of hydrogen-bond donors (Lipinski definition) is 4. The Morgan fingerprint density at radius 3 is 2.62 bits per heavy atom. The minimum absolute atomic E-state index is 0.0609. The third-order valence-electron chi connectivity index (χ3n) is 9.35. The first-order chi connectivity index (χ1) is 17.9. The molecule has 37 heavy (non-hydrogen) atoms. The molecule has 5 rings (SSSR count). The average molecular weight is 558 g/mol. The Hall–Kier alpha value is -0.620. The number of thioether (sulfide) groups is 1. The monoisotopic (exact) mass is 557 g/mol. The van der Waals surface area contributed by atoms with Gasteiger partial charge in [0.1, 0.15) is 5.50 Å². The molecule has 0 aromatic carbocycles. The normalized spacial score (nSPS) is 44.4. The van der Waals surface area contributed by atoms with Crippen LogP contribution in [0.1, 0.15) is 45.4 Å². The number of fused-ring (bicyclic) bond motifs is 1. The number of methoxy groups -OCH3 is 2. The van der Waals surface area contributed by atoms with Crippen LogP contribution in [-0.2, 0) is 19.1 Å². The smallest absolute Gasteiger partial charge is 0.226 e. The number of likely N-dealkylation sites (tertiary alicyclic amines) is 1. The van der Waals surface area contributed by atoms with E-state index in [1.54, 1.807) is 26.0 Å². The zero-order valence-electron chi connectivity index (χ0n) is 22.3. The van der Waals surface area contributed by atoms with Crippen LogP contribution >= 0.6 is 23.4 Å². The Morgan fingerprint density at radius 1 is 1.03 bits per heavy atom. The second-order valence-electron chi connectivity index (χ2n) is 11.7. The van der Waals surface area contributed by atoms with Crippen molar-refractivity contribution in [2.75, 3.05) is 40.4 Å². The van der Waals surface area contributed by atoms with Crippen LogP contribution in [0.4, 0.5) is 0 Å². The lowest BCUT2D eigenvalue weighted by molar-refractivity contribution is -0.137. The Morgan fingerprint density at radius 2 is 1.86 bits per heavy atom. The number of nitrogens with one attached hydrogen (secondary N) is 4. The predicted molar refractivity (Wildman–Crippen MR) is 145 cm³/mol. The van der Waals surface area contributed by atoms with E-state index in [1.807, 2.05) is 4.90 Å². The highest BCUT2D eigenvalue weighted by molar-refractivity contribution is 8.00. The van der Waals surface area contributed by atoms with Crippen molar-refractivity contribution in [3.63, 3.8) is 0 Å². The molecule has 5 aliphatic rings. The fourth-order valence-corrected chi connectivity index (χ4v) is 8.99. The van der Waals surface area contributed by atoms with Gasteiger partial charge in [-0.15, -0.1) is 23.4 Å². The van der Waals surface area contributed by atoms with E-state index < -0.39 is 0 Å². The number of nitrogens with zero attached hydrogens (tertiary/aromatic N) is 1. The predicted octanol–water partition coefficient (Wildman–Crippen LogP) is 1.31. The fraction of sp³-hybridized carbons (Fsp3) is 0.923. The Labute approximate surface area is 230 Å². The maximum atomic E-state index is 13.6. The topological polar surface area (TPSA) is 104 Å². The van der Waals surface area contributed by atoms with Crippen LogP contribution in [0.25, 0.3) is 0 Å².